The number of aromatic nitrogens is 1. The van der Waals surface area contributed by atoms with E-state index in [4.69, 9.17) is 14.4 Å². The highest BCUT2D eigenvalue weighted by Crippen LogP contribution is 2.48. The van der Waals surface area contributed by atoms with Crippen molar-refractivity contribution in [2.45, 2.75) is 12.3 Å². The number of aliphatic imine (C=N–C) groups is 1. The minimum atomic E-state index is -0.275. The quantitative estimate of drug-likeness (QED) is 0.152. The second kappa shape index (κ2) is 17.4. The van der Waals surface area contributed by atoms with Crippen molar-refractivity contribution in [1.82, 2.24) is 15.6 Å². The highest BCUT2D eigenvalue weighted by atomic mass is 16.3. The molecule has 9 aromatic carbocycles. The molecule has 12 rings (SSSR count). The van der Waals surface area contributed by atoms with Gasteiger partial charge in [-0.1, -0.05) is 237 Å². The number of para-hydroxylation sites is 2. The van der Waals surface area contributed by atoms with Crippen LogP contribution in [0.3, 0.4) is 0 Å². The van der Waals surface area contributed by atoms with Gasteiger partial charge < -0.3 is 9.73 Å². The maximum absolute atomic E-state index is 6.41. The summed E-state index contributed by atoms with van der Waals surface area (Å²) in [5, 5.41) is 9.84. The van der Waals surface area contributed by atoms with Gasteiger partial charge >= 0.3 is 0 Å². The van der Waals surface area contributed by atoms with Gasteiger partial charge in [0.15, 0.2) is 0 Å². The molecule has 5 nitrogen and oxygen atoms in total. The number of nitrogens with zero attached hydrogens (tertiary/aromatic N) is 2. The number of benzene rings is 9. The minimum absolute atomic E-state index is 0.218. The van der Waals surface area contributed by atoms with E-state index in [-0.39, 0.29) is 12.3 Å². The molecule has 2 unspecified atom stereocenters. The molecule has 0 amide bonds. The smallest absolute Gasteiger partial charge is 0.143 e. The molecule has 2 N–H and O–H groups in total. The predicted octanol–water partition coefficient (Wildman–Crippen LogP) is 15.3. The molecule has 0 radical (unpaired) electrons. The van der Waals surface area contributed by atoms with E-state index in [1.54, 1.807) is 0 Å². The van der Waals surface area contributed by atoms with E-state index in [1.165, 1.54) is 0 Å². The summed E-state index contributed by atoms with van der Waals surface area (Å²) in [5.74, 6) is 0.816. The average molecular weight is 861 g/mol. The molecule has 2 aromatic heterocycles. The molecule has 5 heteroatoms. The van der Waals surface area contributed by atoms with Gasteiger partial charge in [-0.25, -0.2) is 9.98 Å². The van der Waals surface area contributed by atoms with E-state index >= 15 is 0 Å². The number of rotatable bonds is 9. The number of pyridine rings is 1. The summed E-state index contributed by atoms with van der Waals surface area (Å²) in [7, 11) is 0. The lowest BCUT2D eigenvalue weighted by atomic mass is 9.83. The van der Waals surface area contributed by atoms with E-state index in [0.717, 1.165) is 111 Å². The predicted molar refractivity (Wildman–Crippen MR) is 275 cm³/mol. The van der Waals surface area contributed by atoms with Crippen LogP contribution in [0.2, 0.25) is 0 Å². The fourth-order valence-corrected chi connectivity index (χ4v) is 9.56. The first-order chi connectivity index (χ1) is 33.2. The van der Waals surface area contributed by atoms with Gasteiger partial charge in [0.1, 0.15) is 29.3 Å². The molecule has 2 atom stereocenters. The third kappa shape index (κ3) is 7.57. The van der Waals surface area contributed by atoms with Gasteiger partial charge in [-0.05, 0) is 39.4 Å². The van der Waals surface area contributed by atoms with E-state index in [9.17, 15) is 0 Å². The highest BCUT2D eigenvalue weighted by Gasteiger charge is 2.28. The molecule has 11 aromatic rings. The van der Waals surface area contributed by atoms with E-state index < -0.39 is 0 Å². The Bertz CT molecular complexity index is 3430. The molecule has 0 bridgehead atoms. The molecular formula is C62H44N4O. The normalized spacial score (nSPS) is 14.7. The molecule has 3 heterocycles. The standard InChI is InChI=1S/C62H44N4O/c1-6-19-42(20-7-1)55-54(56(43-21-8-2-9-22-43)58(46-25-12-4-13-26-46)63-57(55)45-23-10-3-11-24-45)44-35-39-49(40-36-44)62-65-60(47-27-14-5-15-28-47)64-61(66-62)48-37-33-41(34-38-48)50-30-18-31-52-51-29-16-17-32-53(51)67-59(50)52/h1-40,60-61,64H,(H,65,66). The largest absolute Gasteiger partial charge is 0.455 e. The van der Waals surface area contributed by atoms with Gasteiger partial charge in [0.2, 0.25) is 0 Å². The Balaban J connectivity index is 0.975. The van der Waals surface area contributed by atoms with Gasteiger partial charge in [-0.2, -0.15) is 0 Å². The van der Waals surface area contributed by atoms with Crippen LogP contribution in [-0.2, 0) is 0 Å². The number of hydrogen-bond acceptors (Lipinski definition) is 5. The Labute approximate surface area is 389 Å². The molecule has 0 fully saturated rings. The monoisotopic (exact) mass is 860 g/mol. The summed E-state index contributed by atoms with van der Waals surface area (Å²) in [5.41, 5.74) is 17.7. The van der Waals surface area contributed by atoms with Crippen molar-refractivity contribution in [3.8, 4) is 67.0 Å². The third-order valence-electron chi connectivity index (χ3n) is 12.8. The van der Waals surface area contributed by atoms with Crippen LogP contribution in [0.25, 0.3) is 89.0 Å². The van der Waals surface area contributed by atoms with Crippen molar-refractivity contribution >= 4 is 27.8 Å². The fraction of sp³-hybridized carbons (Fsp3) is 0.0323. The number of amidine groups is 1. The summed E-state index contributed by atoms with van der Waals surface area (Å²) in [6.45, 7) is 0. The first-order valence-electron chi connectivity index (χ1n) is 22.8. The first-order valence-corrected chi connectivity index (χ1v) is 22.8. The molecule has 67 heavy (non-hydrogen) atoms. The summed E-state index contributed by atoms with van der Waals surface area (Å²) in [4.78, 5) is 11.0. The maximum atomic E-state index is 6.41. The first kappa shape index (κ1) is 39.9. The topological polar surface area (TPSA) is 62.5 Å². The van der Waals surface area contributed by atoms with Crippen molar-refractivity contribution in [3.05, 3.63) is 259 Å². The summed E-state index contributed by atoms with van der Waals surface area (Å²) < 4.78 is 6.41. The SMILES string of the molecule is c1ccc(-c2nc(-c3ccccc3)c(-c3ccccc3)c(-c3ccc(C4=NC(c5ccccc5)NC(c5ccc(-c6cccc7c6oc6ccccc67)cc5)N4)cc3)c2-c2ccccc2)cc1. The Morgan fingerprint density at radius 3 is 1.43 bits per heavy atom. The maximum Gasteiger partial charge on any atom is 0.143 e. The van der Waals surface area contributed by atoms with Crippen molar-refractivity contribution in [2.24, 2.45) is 4.99 Å². The lowest BCUT2D eigenvalue weighted by Crippen LogP contribution is -2.44. The highest BCUT2D eigenvalue weighted by molar-refractivity contribution is 6.10. The molecule has 0 spiro atoms. The van der Waals surface area contributed by atoms with E-state index in [2.05, 4.69) is 235 Å². The van der Waals surface area contributed by atoms with Crippen molar-refractivity contribution in [2.75, 3.05) is 0 Å². The van der Waals surface area contributed by atoms with Gasteiger partial charge in [0.05, 0.1) is 11.4 Å². The summed E-state index contributed by atoms with van der Waals surface area (Å²) >= 11 is 0. The number of nitrogens with one attached hydrogen (secondary N) is 2. The molecular weight excluding hydrogens is 817 g/mol. The number of furan rings is 1. The van der Waals surface area contributed by atoms with Crippen LogP contribution in [0.15, 0.2) is 252 Å². The second-order valence-corrected chi connectivity index (χ2v) is 16.9. The summed E-state index contributed by atoms with van der Waals surface area (Å²) in [6.07, 6.45) is -0.493. The van der Waals surface area contributed by atoms with Crippen molar-refractivity contribution in [1.29, 1.82) is 0 Å². The Kier molecular flexibility index (Phi) is 10.4. The Hall–Kier alpha value is -8.64. The average Bonchev–Trinajstić information content (AvgIpc) is 3.81. The summed E-state index contributed by atoms with van der Waals surface area (Å²) in [6, 6.07) is 85.3. The lowest BCUT2D eigenvalue weighted by Gasteiger charge is -2.32. The van der Waals surface area contributed by atoms with Gasteiger partial charge in [-0.15, -0.1) is 0 Å². The minimum Gasteiger partial charge on any atom is -0.455 e. The van der Waals surface area contributed by atoms with Crippen molar-refractivity contribution in [3.63, 3.8) is 0 Å². The van der Waals surface area contributed by atoms with Crippen LogP contribution in [0.4, 0.5) is 0 Å². The molecule has 0 aliphatic carbocycles. The van der Waals surface area contributed by atoms with Gasteiger partial charge in [0, 0.05) is 49.7 Å². The second-order valence-electron chi connectivity index (χ2n) is 16.9. The Morgan fingerprint density at radius 1 is 0.358 bits per heavy atom. The van der Waals surface area contributed by atoms with Gasteiger partial charge in [-0.3, -0.25) is 5.32 Å². The van der Waals surface area contributed by atoms with Crippen LogP contribution in [0.1, 0.15) is 29.0 Å². The van der Waals surface area contributed by atoms with Crippen LogP contribution < -0.4 is 10.6 Å². The zero-order valence-corrected chi connectivity index (χ0v) is 36.6. The van der Waals surface area contributed by atoms with E-state index in [0.29, 0.717) is 0 Å². The molecule has 1 aliphatic heterocycles. The van der Waals surface area contributed by atoms with Crippen LogP contribution in [0.5, 0.6) is 0 Å². The van der Waals surface area contributed by atoms with Crippen molar-refractivity contribution < 1.29 is 4.42 Å². The zero-order chi connectivity index (χ0) is 44.5. The van der Waals surface area contributed by atoms with Crippen LogP contribution in [0, 0.1) is 0 Å². The molecule has 0 saturated carbocycles. The molecule has 318 valence electrons. The number of fused-ring (bicyclic) bond motifs is 3. The Morgan fingerprint density at radius 2 is 0.836 bits per heavy atom. The lowest BCUT2D eigenvalue weighted by molar-refractivity contribution is 0.409. The fourth-order valence-electron chi connectivity index (χ4n) is 9.56. The zero-order valence-electron chi connectivity index (χ0n) is 36.6. The number of hydrogen-bond donors (Lipinski definition) is 2. The van der Waals surface area contributed by atoms with Crippen LogP contribution >= 0.6 is 0 Å². The molecule has 0 saturated heterocycles. The van der Waals surface area contributed by atoms with Crippen LogP contribution in [-0.4, -0.2) is 10.8 Å². The van der Waals surface area contributed by atoms with Gasteiger partial charge in [0.25, 0.3) is 0 Å². The third-order valence-corrected chi connectivity index (χ3v) is 12.8. The molecule has 1 aliphatic rings. The van der Waals surface area contributed by atoms with E-state index in [1.807, 2.05) is 18.2 Å².